The van der Waals surface area contributed by atoms with Gasteiger partial charge >= 0.3 is 0 Å². The molecule has 1 aliphatic carbocycles. The molecule has 3 amide bonds. The van der Waals surface area contributed by atoms with Crippen molar-refractivity contribution in [2.45, 2.75) is 52.1 Å². The molecule has 0 saturated heterocycles. The summed E-state index contributed by atoms with van der Waals surface area (Å²) in [5, 5.41) is 7.90. The zero-order valence-corrected chi connectivity index (χ0v) is 18.4. The van der Waals surface area contributed by atoms with E-state index in [1.807, 2.05) is 25.1 Å². The normalized spacial score (nSPS) is 14.3. The summed E-state index contributed by atoms with van der Waals surface area (Å²) in [7, 11) is 0. The molecule has 2 N–H and O–H groups in total. The Labute approximate surface area is 180 Å². The van der Waals surface area contributed by atoms with Crippen LogP contribution in [0.3, 0.4) is 0 Å². The number of hydrogen-bond donors (Lipinski definition) is 2. The average molecular weight is 429 g/mol. The Balaban J connectivity index is 1.54. The maximum absolute atomic E-state index is 12.8. The molecule has 7 nitrogen and oxygen atoms in total. The zero-order chi connectivity index (χ0) is 21.7. The van der Waals surface area contributed by atoms with Gasteiger partial charge in [0, 0.05) is 23.0 Å². The summed E-state index contributed by atoms with van der Waals surface area (Å²) < 4.78 is 0. The van der Waals surface area contributed by atoms with Crippen molar-refractivity contribution in [3.05, 3.63) is 47.0 Å². The van der Waals surface area contributed by atoms with Crippen LogP contribution < -0.4 is 10.6 Å². The van der Waals surface area contributed by atoms with E-state index in [0.29, 0.717) is 22.3 Å². The van der Waals surface area contributed by atoms with Gasteiger partial charge in [0.25, 0.3) is 5.91 Å². The summed E-state index contributed by atoms with van der Waals surface area (Å²) in [4.78, 5) is 43.4. The van der Waals surface area contributed by atoms with Crippen LogP contribution in [0.25, 0.3) is 0 Å². The van der Waals surface area contributed by atoms with Crippen molar-refractivity contribution in [3.63, 3.8) is 0 Å². The van der Waals surface area contributed by atoms with E-state index in [2.05, 4.69) is 29.5 Å². The van der Waals surface area contributed by atoms with Gasteiger partial charge in [-0.25, -0.2) is 4.98 Å². The van der Waals surface area contributed by atoms with Gasteiger partial charge in [-0.15, -0.1) is 11.3 Å². The molecule has 1 atom stereocenters. The number of nitrogens with one attached hydrogen (secondary N) is 2. The summed E-state index contributed by atoms with van der Waals surface area (Å²) in [6, 6.07) is 9.20. The van der Waals surface area contributed by atoms with Crippen molar-refractivity contribution in [2.24, 2.45) is 5.92 Å². The maximum atomic E-state index is 12.8. The van der Waals surface area contributed by atoms with E-state index in [-0.39, 0.29) is 42.8 Å². The molecule has 0 spiro atoms. The van der Waals surface area contributed by atoms with Gasteiger partial charge in [0.15, 0.2) is 5.13 Å². The van der Waals surface area contributed by atoms with Gasteiger partial charge < -0.3 is 15.5 Å². The summed E-state index contributed by atoms with van der Waals surface area (Å²) in [5.41, 5.74) is 1.19. The molecule has 3 rings (SSSR count). The number of benzene rings is 1. The van der Waals surface area contributed by atoms with E-state index in [1.54, 1.807) is 22.4 Å². The van der Waals surface area contributed by atoms with Crippen LogP contribution in [0.1, 0.15) is 49.7 Å². The Morgan fingerprint density at radius 2 is 1.83 bits per heavy atom. The Morgan fingerprint density at radius 3 is 2.47 bits per heavy atom. The van der Waals surface area contributed by atoms with E-state index < -0.39 is 0 Å². The van der Waals surface area contributed by atoms with Crippen LogP contribution in [0.15, 0.2) is 35.7 Å². The molecule has 1 saturated carbocycles. The molecular weight excluding hydrogens is 400 g/mol. The minimum Gasteiger partial charge on any atom is -0.353 e. The first-order valence-corrected chi connectivity index (χ1v) is 11.1. The topological polar surface area (TPSA) is 91.4 Å². The van der Waals surface area contributed by atoms with Gasteiger partial charge in [0.2, 0.25) is 11.8 Å². The predicted octanol–water partition coefficient (Wildman–Crippen LogP) is 3.09. The molecule has 2 aromatic rings. The second-order valence-corrected chi connectivity index (χ2v) is 8.86. The predicted molar refractivity (Wildman–Crippen MR) is 117 cm³/mol. The number of carbonyl (C=O) groups excluding carboxylic acids is 3. The fraction of sp³-hybridized carbons (Fsp3) is 0.455. The third kappa shape index (κ3) is 6.13. The molecule has 0 bridgehead atoms. The first-order valence-electron chi connectivity index (χ1n) is 10.2. The maximum Gasteiger partial charge on any atom is 0.254 e. The molecule has 30 heavy (non-hydrogen) atoms. The fourth-order valence-electron chi connectivity index (χ4n) is 2.89. The molecule has 8 heteroatoms. The van der Waals surface area contributed by atoms with Crippen molar-refractivity contribution in [3.8, 4) is 0 Å². The summed E-state index contributed by atoms with van der Waals surface area (Å²) in [6.45, 7) is 6.06. The Morgan fingerprint density at radius 1 is 1.13 bits per heavy atom. The number of rotatable bonds is 9. The van der Waals surface area contributed by atoms with Crippen LogP contribution in [0, 0.1) is 5.92 Å². The first-order chi connectivity index (χ1) is 14.3. The lowest BCUT2D eigenvalue weighted by Gasteiger charge is -2.21. The highest BCUT2D eigenvalue weighted by Crippen LogP contribution is 2.28. The minimum absolute atomic E-state index is 0.0142. The summed E-state index contributed by atoms with van der Waals surface area (Å²) in [6.07, 6.45) is 2.00. The third-order valence-electron chi connectivity index (χ3n) is 5.11. The highest BCUT2D eigenvalue weighted by Gasteiger charge is 2.34. The Hall–Kier alpha value is -2.74. The van der Waals surface area contributed by atoms with Crippen molar-refractivity contribution < 1.29 is 14.4 Å². The largest absolute Gasteiger partial charge is 0.353 e. The van der Waals surface area contributed by atoms with E-state index in [1.165, 1.54) is 11.3 Å². The van der Waals surface area contributed by atoms with Crippen LogP contribution in [0.5, 0.6) is 0 Å². The molecule has 1 aromatic carbocycles. The summed E-state index contributed by atoms with van der Waals surface area (Å²) in [5.74, 6) is -0.158. The molecule has 1 aromatic heterocycles. The van der Waals surface area contributed by atoms with Gasteiger partial charge in [-0.1, -0.05) is 32.0 Å². The molecule has 0 radical (unpaired) electrons. The quantitative estimate of drug-likeness (QED) is 0.642. The van der Waals surface area contributed by atoms with Gasteiger partial charge in [-0.2, -0.15) is 0 Å². The van der Waals surface area contributed by atoms with Crippen LogP contribution in [-0.2, 0) is 16.0 Å². The molecular formula is C22H28N4O3S. The van der Waals surface area contributed by atoms with Crippen LogP contribution in [0.2, 0.25) is 0 Å². The van der Waals surface area contributed by atoms with Crippen molar-refractivity contribution in [1.29, 1.82) is 0 Å². The number of hydrogen-bond acceptors (Lipinski definition) is 5. The molecule has 1 unspecified atom stereocenters. The number of carbonyl (C=O) groups is 3. The Bertz CT molecular complexity index is 893. The van der Waals surface area contributed by atoms with Gasteiger partial charge in [-0.3, -0.25) is 14.4 Å². The van der Waals surface area contributed by atoms with Crippen molar-refractivity contribution in [2.75, 3.05) is 11.9 Å². The van der Waals surface area contributed by atoms with Gasteiger partial charge in [0.05, 0.1) is 12.1 Å². The number of aromatic nitrogens is 1. The molecule has 1 fully saturated rings. The molecule has 1 heterocycles. The van der Waals surface area contributed by atoms with Crippen molar-refractivity contribution >= 4 is 34.2 Å². The average Bonchev–Trinajstić information content (AvgIpc) is 3.47. The number of amides is 3. The second kappa shape index (κ2) is 9.84. The first kappa shape index (κ1) is 22.0. The smallest absolute Gasteiger partial charge is 0.254 e. The van der Waals surface area contributed by atoms with E-state index in [9.17, 15) is 14.4 Å². The van der Waals surface area contributed by atoms with E-state index >= 15 is 0 Å². The Kier molecular flexibility index (Phi) is 7.20. The van der Waals surface area contributed by atoms with E-state index in [4.69, 9.17) is 0 Å². The number of nitrogens with zero attached hydrogens (tertiary/aromatic N) is 2. The monoisotopic (exact) mass is 428 g/mol. The van der Waals surface area contributed by atoms with Gasteiger partial charge in [-0.05, 0) is 37.8 Å². The summed E-state index contributed by atoms with van der Waals surface area (Å²) >= 11 is 1.27. The van der Waals surface area contributed by atoms with Crippen LogP contribution in [-0.4, -0.2) is 46.2 Å². The standard InChI is InChI=1S/C22H28N4O3S/c1-14(2)15(3)23-19(27)11-17-13-30-22(24-17)25-20(28)12-26(18-9-10-18)21(29)16-7-5-4-6-8-16/h4-8,13-15,18H,9-12H2,1-3H3,(H,23,27)(H,24,25,28). The van der Waals surface area contributed by atoms with Crippen molar-refractivity contribution in [1.82, 2.24) is 15.2 Å². The van der Waals surface area contributed by atoms with Crippen LogP contribution >= 0.6 is 11.3 Å². The molecule has 1 aliphatic rings. The lowest BCUT2D eigenvalue weighted by molar-refractivity contribution is -0.121. The SMILES string of the molecule is CC(C)C(C)NC(=O)Cc1csc(NC(=O)CN(C(=O)c2ccccc2)C2CC2)n1. The third-order valence-corrected chi connectivity index (χ3v) is 5.92. The zero-order valence-electron chi connectivity index (χ0n) is 17.6. The van der Waals surface area contributed by atoms with E-state index in [0.717, 1.165) is 12.8 Å². The highest BCUT2D eigenvalue weighted by atomic mass is 32.1. The number of anilines is 1. The lowest BCUT2D eigenvalue weighted by Crippen LogP contribution is -2.39. The van der Waals surface area contributed by atoms with Gasteiger partial charge in [0.1, 0.15) is 6.54 Å². The fourth-order valence-corrected chi connectivity index (χ4v) is 3.62. The minimum atomic E-state index is -0.287. The lowest BCUT2D eigenvalue weighted by atomic mass is 10.1. The molecule has 160 valence electrons. The number of thiazole rings is 1. The second-order valence-electron chi connectivity index (χ2n) is 8.00. The van der Waals surface area contributed by atoms with Crippen LogP contribution in [0.4, 0.5) is 5.13 Å². The highest BCUT2D eigenvalue weighted by molar-refractivity contribution is 7.13. The molecule has 0 aliphatic heterocycles.